The summed E-state index contributed by atoms with van der Waals surface area (Å²) < 4.78 is 4.81. The molecular weight excluding hydrogens is 450 g/mol. The van der Waals surface area contributed by atoms with Crippen LogP contribution < -0.4 is 10.6 Å². The highest BCUT2D eigenvalue weighted by molar-refractivity contribution is 7.99. The smallest absolute Gasteiger partial charge is 0.407 e. The van der Waals surface area contributed by atoms with Gasteiger partial charge >= 0.3 is 6.09 Å². The van der Waals surface area contributed by atoms with Gasteiger partial charge in [-0.1, -0.05) is 37.5 Å². The van der Waals surface area contributed by atoms with E-state index < -0.39 is 18.2 Å². The molecule has 7 nitrogen and oxygen atoms in total. The Bertz CT molecular complexity index is 801. The van der Waals surface area contributed by atoms with Crippen LogP contribution in [0.3, 0.4) is 0 Å². The van der Waals surface area contributed by atoms with Crippen molar-refractivity contribution in [2.24, 2.45) is 11.8 Å². The number of aliphatic hydroxyl groups is 1. The van der Waals surface area contributed by atoms with E-state index in [0.29, 0.717) is 24.1 Å². The summed E-state index contributed by atoms with van der Waals surface area (Å²) in [6, 6.07) is 9.13. The standard InChI is InChI=1S/C26H41N3O4S/c1-26(2,3)28-24(31)22-14-18-10-8-9-11-19(18)15-29(22)16-23(30)21(27-25(32)33-4)17-34-20-12-6-5-7-13-20/h5-7,12-13,18-19,21-23,30H,8-11,14-17H2,1-4H3,(H,27,32)(H,28,31)/t18?,19?,21-,22-,23?/m0/s1. The fourth-order valence-electron chi connectivity index (χ4n) is 5.16. The van der Waals surface area contributed by atoms with Gasteiger partial charge in [0, 0.05) is 29.3 Å². The predicted octanol–water partition coefficient (Wildman–Crippen LogP) is 3.66. The molecule has 1 aromatic carbocycles. The number of carbonyl (C=O) groups is 2. The Morgan fingerprint density at radius 1 is 1.18 bits per heavy atom. The quantitative estimate of drug-likeness (QED) is 0.481. The number of piperidine rings is 1. The summed E-state index contributed by atoms with van der Waals surface area (Å²) in [6.07, 6.45) is 4.26. The molecule has 8 heteroatoms. The van der Waals surface area contributed by atoms with Gasteiger partial charge in [0.05, 0.1) is 25.3 Å². The predicted molar refractivity (Wildman–Crippen MR) is 136 cm³/mol. The summed E-state index contributed by atoms with van der Waals surface area (Å²) in [4.78, 5) is 28.5. The maximum atomic E-state index is 13.3. The fourth-order valence-corrected chi connectivity index (χ4v) is 6.18. The molecule has 3 unspecified atom stereocenters. The largest absolute Gasteiger partial charge is 0.453 e. The van der Waals surface area contributed by atoms with Crippen LogP contribution in [0.1, 0.15) is 52.9 Å². The van der Waals surface area contributed by atoms with Crippen molar-refractivity contribution in [1.82, 2.24) is 15.5 Å². The van der Waals surface area contributed by atoms with E-state index in [4.69, 9.17) is 4.74 Å². The molecule has 2 fully saturated rings. The topological polar surface area (TPSA) is 90.9 Å². The van der Waals surface area contributed by atoms with Gasteiger partial charge in [0.25, 0.3) is 0 Å². The van der Waals surface area contributed by atoms with Gasteiger partial charge in [-0.2, -0.15) is 0 Å². The number of thioether (sulfide) groups is 1. The second-order valence-electron chi connectivity index (χ2n) is 10.7. The molecule has 1 heterocycles. The zero-order chi connectivity index (χ0) is 24.7. The van der Waals surface area contributed by atoms with Gasteiger partial charge in [0.1, 0.15) is 0 Å². The van der Waals surface area contributed by atoms with E-state index >= 15 is 0 Å². The third-order valence-corrected chi connectivity index (χ3v) is 7.98. The van der Waals surface area contributed by atoms with E-state index in [2.05, 4.69) is 15.5 Å². The van der Waals surface area contributed by atoms with Crippen LogP contribution in [0.25, 0.3) is 0 Å². The van der Waals surface area contributed by atoms with Crippen LogP contribution >= 0.6 is 11.8 Å². The Balaban J connectivity index is 1.72. The van der Waals surface area contributed by atoms with Crippen LogP contribution in [0.2, 0.25) is 0 Å². The Morgan fingerprint density at radius 3 is 2.50 bits per heavy atom. The molecule has 34 heavy (non-hydrogen) atoms. The molecule has 0 bridgehead atoms. The number of nitrogens with one attached hydrogen (secondary N) is 2. The van der Waals surface area contributed by atoms with Crippen LogP contribution in [0.4, 0.5) is 4.79 Å². The van der Waals surface area contributed by atoms with Crippen LogP contribution in [0.15, 0.2) is 35.2 Å². The third-order valence-electron chi connectivity index (χ3n) is 6.85. The average molecular weight is 492 g/mol. The molecule has 1 aromatic rings. The lowest BCUT2D eigenvalue weighted by Crippen LogP contribution is -2.60. The first-order valence-electron chi connectivity index (χ1n) is 12.4. The zero-order valence-corrected chi connectivity index (χ0v) is 21.8. The summed E-state index contributed by atoms with van der Waals surface area (Å²) in [6.45, 7) is 7.12. The number of methoxy groups -OCH3 is 1. The minimum atomic E-state index is -0.833. The Labute approximate surface area is 208 Å². The molecule has 0 spiro atoms. The number of carbonyl (C=O) groups excluding carboxylic acids is 2. The van der Waals surface area contributed by atoms with E-state index in [9.17, 15) is 14.7 Å². The van der Waals surface area contributed by atoms with Crippen molar-refractivity contribution in [2.45, 2.75) is 81.5 Å². The van der Waals surface area contributed by atoms with Gasteiger partial charge < -0.3 is 20.5 Å². The number of aliphatic hydroxyl groups excluding tert-OH is 1. The Morgan fingerprint density at radius 2 is 1.85 bits per heavy atom. The first kappa shape index (κ1) is 26.8. The van der Waals surface area contributed by atoms with Gasteiger partial charge in [-0.05, 0) is 57.6 Å². The monoisotopic (exact) mass is 491 g/mol. The highest BCUT2D eigenvalue weighted by Crippen LogP contribution is 2.39. The number of nitrogens with zero attached hydrogens (tertiary/aromatic N) is 1. The molecule has 3 rings (SSSR count). The molecule has 1 saturated heterocycles. The number of ether oxygens (including phenoxy) is 1. The molecule has 1 aliphatic heterocycles. The lowest BCUT2D eigenvalue weighted by Gasteiger charge is -2.47. The highest BCUT2D eigenvalue weighted by atomic mass is 32.2. The summed E-state index contributed by atoms with van der Waals surface area (Å²) in [7, 11) is 1.32. The fraction of sp³-hybridized carbons (Fsp3) is 0.692. The van der Waals surface area contributed by atoms with Crippen molar-refractivity contribution in [2.75, 3.05) is 26.0 Å². The highest BCUT2D eigenvalue weighted by Gasteiger charge is 2.41. The van der Waals surface area contributed by atoms with Crippen molar-refractivity contribution in [1.29, 1.82) is 0 Å². The molecule has 1 saturated carbocycles. The maximum Gasteiger partial charge on any atom is 0.407 e. The number of benzene rings is 1. The van der Waals surface area contributed by atoms with Gasteiger partial charge in [-0.25, -0.2) is 4.79 Å². The van der Waals surface area contributed by atoms with Crippen LogP contribution in [0, 0.1) is 11.8 Å². The van der Waals surface area contributed by atoms with Gasteiger partial charge in [-0.3, -0.25) is 9.69 Å². The van der Waals surface area contributed by atoms with Gasteiger partial charge in [0.2, 0.25) is 5.91 Å². The van der Waals surface area contributed by atoms with Gasteiger partial charge in [-0.15, -0.1) is 11.8 Å². The number of amides is 2. The number of alkyl carbamates (subject to hydrolysis) is 1. The van der Waals surface area contributed by atoms with Crippen molar-refractivity contribution in [3.05, 3.63) is 30.3 Å². The van der Waals surface area contributed by atoms with Crippen LogP contribution in [-0.4, -0.2) is 71.7 Å². The lowest BCUT2D eigenvalue weighted by molar-refractivity contribution is -0.132. The van der Waals surface area contributed by atoms with E-state index in [-0.39, 0.29) is 17.5 Å². The number of β-amino-alcohol motifs (C(OH)–C–C–N with tert-alkyl or cyclic N) is 1. The van der Waals surface area contributed by atoms with Crippen LogP contribution in [-0.2, 0) is 9.53 Å². The van der Waals surface area contributed by atoms with Crippen molar-refractivity contribution in [3.8, 4) is 0 Å². The summed E-state index contributed by atoms with van der Waals surface area (Å²) >= 11 is 1.58. The summed E-state index contributed by atoms with van der Waals surface area (Å²) in [5.74, 6) is 1.65. The molecule has 2 amide bonds. The molecule has 0 aromatic heterocycles. The number of likely N-dealkylation sites (tertiary alicyclic amines) is 1. The summed E-state index contributed by atoms with van der Waals surface area (Å²) in [5, 5.41) is 17.2. The van der Waals surface area contributed by atoms with Crippen molar-refractivity contribution >= 4 is 23.8 Å². The maximum absolute atomic E-state index is 13.3. The van der Waals surface area contributed by atoms with Crippen molar-refractivity contribution in [3.63, 3.8) is 0 Å². The number of hydrogen-bond acceptors (Lipinski definition) is 6. The first-order valence-corrected chi connectivity index (χ1v) is 13.4. The zero-order valence-electron chi connectivity index (χ0n) is 21.0. The average Bonchev–Trinajstić information content (AvgIpc) is 2.80. The summed E-state index contributed by atoms with van der Waals surface area (Å²) in [5.41, 5.74) is -0.313. The van der Waals surface area contributed by atoms with E-state index in [1.807, 2.05) is 51.1 Å². The molecule has 2 aliphatic rings. The molecule has 1 aliphatic carbocycles. The Kier molecular flexibility index (Phi) is 9.68. The molecule has 190 valence electrons. The molecule has 5 atom stereocenters. The molecular formula is C26H41N3O4S. The third kappa shape index (κ3) is 7.89. The van der Waals surface area contributed by atoms with Crippen LogP contribution in [0.5, 0.6) is 0 Å². The SMILES string of the molecule is COC(=O)N[C@@H](CSc1ccccc1)C(O)CN1CC2CCCCC2C[C@H]1C(=O)NC(C)(C)C. The number of hydrogen-bond donors (Lipinski definition) is 3. The number of fused-ring (bicyclic) bond motifs is 1. The minimum absolute atomic E-state index is 0.0276. The molecule has 0 radical (unpaired) electrons. The number of rotatable bonds is 8. The normalized spacial score (nSPS) is 25.0. The van der Waals surface area contributed by atoms with E-state index in [1.54, 1.807) is 11.8 Å². The van der Waals surface area contributed by atoms with E-state index in [1.165, 1.54) is 32.8 Å². The van der Waals surface area contributed by atoms with E-state index in [0.717, 1.165) is 17.9 Å². The first-order chi connectivity index (χ1) is 16.2. The second kappa shape index (κ2) is 12.3. The second-order valence-corrected chi connectivity index (χ2v) is 11.8. The Hall–Kier alpha value is -1.77. The van der Waals surface area contributed by atoms with Gasteiger partial charge in [0.15, 0.2) is 0 Å². The lowest BCUT2D eigenvalue weighted by atomic mass is 9.72. The minimum Gasteiger partial charge on any atom is -0.453 e. The van der Waals surface area contributed by atoms with Crippen molar-refractivity contribution < 1.29 is 19.4 Å². The molecule has 3 N–H and O–H groups in total.